The molecule has 1 heterocycles. The van der Waals surface area contributed by atoms with Gasteiger partial charge in [-0.25, -0.2) is 0 Å². The molecule has 1 aliphatic heterocycles. The van der Waals surface area contributed by atoms with Crippen molar-refractivity contribution >= 4 is 5.91 Å². The van der Waals surface area contributed by atoms with Gasteiger partial charge in [-0.2, -0.15) is 0 Å². The Labute approximate surface area is 119 Å². The molecule has 4 rings (SSSR count). The van der Waals surface area contributed by atoms with Gasteiger partial charge >= 0.3 is 0 Å². The lowest BCUT2D eigenvalue weighted by Crippen LogP contribution is -2.55. The lowest BCUT2D eigenvalue weighted by Gasteiger charge is -2.40. The zero-order valence-corrected chi connectivity index (χ0v) is 11.9. The van der Waals surface area contributed by atoms with Gasteiger partial charge in [0.25, 0.3) is 0 Å². The van der Waals surface area contributed by atoms with E-state index in [0.717, 1.165) is 32.3 Å². The molecule has 1 aromatic rings. The molecule has 3 nitrogen and oxygen atoms in total. The molecule has 3 heteroatoms. The number of ether oxygens (including phenoxy) is 1. The van der Waals surface area contributed by atoms with Crippen molar-refractivity contribution in [3.8, 4) is 0 Å². The first-order chi connectivity index (χ1) is 9.69. The number of benzene rings is 1. The molecule has 1 saturated heterocycles. The van der Waals surface area contributed by atoms with Gasteiger partial charge in [0.1, 0.15) is 0 Å². The van der Waals surface area contributed by atoms with Crippen LogP contribution in [0.2, 0.25) is 0 Å². The average Bonchev–Trinajstić information content (AvgIpc) is 3.15. The van der Waals surface area contributed by atoms with Gasteiger partial charge in [0.2, 0.25) is 5.91 Å². The highest BCUT2D eigenvalue weighted by Gasteiger charge is 2.54. The molecular weight excluding hydrogens is 250 g/mol. The third kappa shape index (κ3) is 1.80. The molecule has 0 radical (unpaired) electrons. The molecule has 0 spiro atoms. The van der Waals surface area contributed by atoms with Gasteiger partial charge in [-0.05, 0) is 38.2 Å². The molecule has 2 aliphatic carbocycles. The van der Waals surface area contributed by atoms with Crippen molar-refractivity contribution in [1.29, 1.82) is 0 Å². The number of hydrogen-bond donors (Lipinski definition) is 1. The van der Waals surface area contributed by atoms with Crippen LogP contribution in [0.25, 0.3) is 0 Å². The van der Waals surface area contributed by atoms with E-state index in [1.807, 2.05) is 0 Å². The lowest BCUT2D eigenvalue weighted by molar-refractivity contribution is -0.126. The Kier molecular flexibility index (Phi) is 2.68. The normalized spacial score (nSPS) is 33.1. The second-order valence-electron chi connectivity index (χ2n) is 6.63. The molecule has 0 bridgehead atoms. The van der Waals surface area contributed by atoms with Gasteiger partial charge in [0.05, 0.1) is 11.5 Å². The van der Waals surface area contributed by atoms with E-state index in [2.05, 4.69) is 36.5 Å². The Morgan fingerprint density at radius 1 is 1.30 bits per heavy atom. The first-order valence-electron chi connectivity index (χ1n) is 7.69. The van der Waals surface area contributed by atoms with Crippen LogP contribution in [0.3, 0.4) is 0 Å². The maximum Gasteiger partial charge on any atom is 0.230 e. The van der Waals surface area contributed by atoms with Crippen LogP contribution in [0.4, 0.5) is 0 Å². The molecule has 3 aliphatic rings. The summed E-state index contributed by atoms with van der Waals surface area (Å²) >= 11 is 0. The first kappa shape index (κ1) is 12.4. The Balaban J connectivity index is 1.46. The van der Waals surface area contributed by atoms with Gasteiger partial charge in [-0.15, -0.1) is 0 Å². The van der Waals surface area contributed by atoms with E-state index in [9.17, 15) is 4.79 Å². The van der Waals surface area contributed by atoms with E-state index in [1.54, 1.807) is 0 Å². The van der Waals surface area contributed by atoms with Crippen LogP contribution in [-0.4, -0.2) is 24.7 Å². The van der Waals surface area contributed by atoms with Crippen LogP contribution in [-0.2, 0) is 14.9 Å². The molecule has 106 valence electrons. The van der Waals surface area contributed by atoms with Gasteiger partial charge < -0.3 is 10.1 Å². The number of carbonyl (C=O) groups is 1. The highest BCUT2D eigenvalue weighted by atomic mass is 16.5. The molecule has 20 heavy (non-hydrogen) atoms. The number of amides is 1. The molecular formula is C17H21NO2. The molecule has 2 saturated carbocycles. The minimum absolute atomic E-state index is 0.233. The summed E-state index contributed by atoms with van der Waals surface area (Å²) in [6.45, 7) is 2.95. The third-order valence-corrected chi connectivity index (χ3v) is 5.37. The molecule has 1 amide bonds. The van der Waals surface area contributed by atoms with Crippen LogP contribution >= 0.6 is 0 Å². The third-order valence-electron chi connectivity index (χ3n) is 5.37. The first-order valence-corrected chi connectivity index (χ1v) is 7.69. The molecule has 1 N–H and O–H groups in total. The highest BCUT2D eigenvalue weighted by molar-refractivity contribution is 5.91. The topological polar surface area (TPSA) is 38.3 Å². The predicted octanol–water partition coefficient (Wildman–Crippen LogP) is 2.32. The summed E-state index contributed by atoms with van der Waals surface area (Å²) in [4.78, 5) is 12.7. The summed E-state index contributed by atoms with van der Waals surface area (Å²) in [5.41, 5.74) is 2.19. The largest absolute Gasteiger partial charge is 0.378 e. The summed E-state index contributed by atoms with van der Waals surface area (Å²) in [7, 11) is 0. The Morgan fingerprint density at radius 2 is 2.05 bits per heavy atom. The van der Waals surface area contributed by atoms with E-state index in [0.29, 0.717) is 18.1 Å². The smallest absolute Gasteiger partial charge is 0.230 e. The van der Waals surface area contributed by atoms with E-state index >= 15 is 0 Å². The fraction of sp³-hybridized carbons (Fsp3) is 0.588. The van der Waals surface area contributed by atoms with Crippen molar-refractivity contribution in [3.05, 3.63) is 35.4 Å². The van der Waals surface area contributed by atoms with E-state index in [-0.39, 0.29) is 11.3 Å². The Bertz CT molecular complexity index is 532. The SMILES string of the molecule is Cc1ccc(C2(C(=O)N[C@H]3C[C@@H]4OCC[C@H]34)CC2)cc1. The molecule has 3 fully saturated rings. The average molecular weight is 271 g/mol. The number of nitrogens with one attached hydrogen (secondary N) is 1. The van der Waals surface area contributed by atoms with Crippen molar-refractivity contribution in [2.75, 3.05) is 6.61 Å². The second kappa shape index (κ2) is 4.32. The quantitative estimate of drug-likeness (QED) is 0.916. The second-order valence-corrected chi connectivity index (χ2v) is 6.63. The van der Waals surface area contributed by atoms with Crippen LogP contribution < -0.4 is 5.32 Å². The maximum absolute atomic E-state index is 12.7. The van der Waals surface area contributed by atoms with Crippen LogP contribution in [0.1, 0.15) is 36.8 Å². The molecule has 0 aromatic heterocycles. The van der Waals surface area contributed by atoms with Gasteiger partial charge in [-0.1, -0.05) is 29.8 Å². The van der Waals surface area contributed by atoms with E-state index in [4.69, 9.17) is 4.74 Å². The van der Waals surface area contributed by atoms with Crippen molar-refractivity contribution < 1.29 is 9.53 Å². The Morgan fingerprint density at radius 3 is 2.70 bits per heavy atom. The highest BCUT2D eigenvalue weighted by Crippen LogP contribution is 2.49. The molecule has 3 atom stereocenters. The van der Waals surface area contributed by atoms with Gasteiger partial charge in [-0.3, -0.25) is 4.79 Å². The van der Waals surface area contributed by atoms with Crippen LogP contribution in [0, 0.1) is 12.8 Å². The minimum Gasteiger partial charge on any atom is -0.378 e. The summed E-state index contributed by atoms with van der Waals surface area (Å²) in [5.74, 6) is 0.796. The van der Waals surface area contributed by atoms with E-state index < -0.39 is 0 Å². The number of carbonyl (C=O) groups excluding carboxylic acids is 1. The maximum atomic E-state index is 12.7. The number of hydrogen-bond acceptors (Lipinski definition) is 2. The van der Waals surface area contributed by atoms with Crippen molar-refractivity contribution in [3.63, 3.8) is 0 Å². The fourth-order valence-electron chi connectivity index (χ4n) is 3.71. The zero-order valence-electron chi connectivity index (χ0n) is 11.9. The molecule has 1 aromatic carbocycles. The van der Waals surface area contributed by atoms with E-state index in [1.165, 1.54) is 11.1 Å². The summed E-state index contributed by atoms with van der Waals surface area (Å²) in [5, 5.41) is 3.28. The standard InChI is InChI=1S/C17H21NO2/c1-11-2-4-12(5-3-11)17(7-8-17)16(19)18-14-10-15-13(14)6-9-20-15/h2-5,13-15H,6-10H2,1H3,(H,18,19)/t13-,14+,15+/m1/s1. The lowest BCUT2D eigenvalue weighted by atomic mass is 9.76. The minimum atomic E-state index is -0.238. The number of fused-ring (bicyclic) bond motifs is 1. The fourth-order valence-corrected chi connectivity index (χ4v) is 3.71. The molecule has 0 unspecified atom stereocenters. The van der Waals surface area contributed by atoms with Crippen LogP contribution in [0.5, 0.6) is 0 Å². The van der Waals surface area contributed by atoms with Crippen LogP contribution in [0.15, 0.2) is 24.3 Å². The summed E-state index contributed by atoms with van der Waals surface area (Å²) < 4.78 is 5.61. The number of aryl methyl sites for hydroxylation is 1. The monoisotopic (exact) mass is 271 g/mol. The van der Waals surface area contributed by atoms with Crippen molar-refractivity contribution in [1.82, 2.24) is 5.32 Å². The van der Waals surface area contributed by atoms with Gasteiger partial charge in [0.15, 0.2) is 0 Å². The summed E-state index contributed by atoms with van der Waals surface area (Å²) in [6, 6.07) is 8.78. The van der Waals surface area contributed by atoms with Crippen molar-refractivity contribution in [2.45, 2.75) is 50.2 Å². The summed E-state index contributed by atoms with van der Waals surface area (Å²) in [6.07, 6.45) is 4.49. The predicted molar refractivity (Wildman–Crippen MR) is 76.5 cm³/mol. The Hall–Kier alpha value is -1.35. The zero-order chi connectivity index (χ0) is 13.7. The number of rotatable bonds is 3. The van der Waals surface area contributed by atoms with Gasteiger partial charge in [0, 0.05) is 18.6 Å². The van der Waals surface area contributed by atoms with Crippen molar-refractivity contribution in [2.24, 2.45) is 5.92 Å².